The molecule has 0 saturated carbocycles. The molecule has 0 unspecified atom stereocenters. The lowest BCUT2D eigenvalue weighted by Crippen LogP contribution is -2.11. The molecule has 2 aromatic rings. The minimum absolute atomic E-state index is 0.332. The fourth-order valence-corrected chi connectivity index (χ4v) is 2.52. The number of methoxy groups -OCH3 is 1. The van der Waals surface area contributed by atoms with Crippen LogP contribution in [0.1, 0.15) is 11.1 Å². The maximum atomic E-state index is 8.78. The van der Waals surface area contributed by atoms with E-state index in [1.54, 1.807) is 19.2 Å². The second-order valence-electron chi connectivity index (χ2n) is 4.78. The van der Waals surface area contributed by atoms with Crippen LogP contribution in [0.15, 0.2) is 46.0 Å². The fraction of sp³-hybridized carbons (Fsp3) is 0.235. The van der Waals surface area contributed by atoms with Crippen LogP contribution in [-0.4, -0.2) is 31.7 Å². The normalized spacial score (nSPS) is 10.7. The molecule has 23 heavy (non-hydrogen) atoms. The number of hydrogen-bond donors (Lipinski definition) is 1. The van der Waals surface area contributed by atoms with Gasteiger partial charge in [-0.2, -0.15) is 0 Å². The maximum Gasteiger partial charge on any atom is 0.170 e. The van der Waals surface area contributed by atoms with Gasteiger partial charge in [-0.3, -0.25) is 0 Å². The molecule has 0 atom stereocenters. The number of benzene rings is 2. The van der Waals surface area contributed by atoms with Crippen molar-refractivity contribution in [3.05, 3.63) is 52.0 Å². The Morgan fingerprint density at radius 3 is 2.65 bits per heavy atom. The molecule has 2 rings (SSSR count). The number of aryl methyl sites for hydroxylation is 1. The molecule has 6 heteroatoms. The molecule has 0 bridgehead atoms. The van der Waals surface area contributed by atoms with E-state index in [4.69, 9.17) is 19.4 Å². The van der Waals surface area contributed by atoms with Crippen molar-refractivity contribution in [2.45, 2.75) is 6.92 Å². The highest BCUT2D eigenvalue weighted by molar-refractivity contribution is 9.10. The van der Waals surface area contributed by atoms with Crippen molar-refractivity contribution >= 4 is 22.1 Å². The van der Waals surface area contributed by atoms with Crippen molar-refractivity contribution < 1.29 is 19.4 Å². The molecule has 0 aliphatic heterocycles. The largest absolute Gasteiger partial charge is 0.493 e. The van der Waals surface area contributed by atoms with Gasteiger partial charge in [0.05, 0.1) is 13.3 Å². The number of nitrogens with zero attached hydrogens (tertiary/aromatic N) is 1. The summed E-state index contributed by atoms with van der Waals surface area (Å²) >= 11 is 3.37. The predicted molar refractivity (Wildman–Crippen MR) is 92.2 cm³/mol. The third kappa shape index (κ3) is 4.89. The second kappa shape index (κ2) is 8.43. The summed E-state index contributed by atoms with van der Waals surface area (Å²) in [6.45, 7) is 2.73. The molecule has 0 aliphatic rings. The maximum absolute atomic E-state index is 8.78. The molecular weight excluding hydrogens is 362 g/mol. The zero-order chi connectivity index (χ0) is 16.7. The molecule has 0 radical (unpaired) electrons. The zero-order valence-electron chi connectivity index (χ0n) is 13.0. The fourth-order valence-electron chi connectivity index (χ4n) is 2.06. The highest BCUT2D eigenvalue weighted by Crippen LogP contribution is 2.34. The van der Waals surface area contributed by atoms with E-state index in [0.29, 0.717) is 30.3 Å². The Labute approximate surface area is 143 Å². The van der Waals surface area contributed by atoms with E-state index < -0.39 is 0 Å². The van der Waals surface area contributed by atoms with Crippen LogP contribution < -0.4 is 14.2 Å². The number of oxime groups is 1. The highest BCUT2D eigenvalue weighted by Gasteiger charge is 2.12. The van der Waals surface area contributed by atoms with E-state index >= 15 is 0 Å². The summed E-state index contributed by atoms with van der Waals surface area (Å²) in [6.07, 6.45) is 1.30. The van der Waals surface area contributed by atoms with Crippen LogP contribution in [0.2, 0.25) is 0 Å². The lowest BCUT2D eigenvalue weighted by Gasteiger charge is -2.14. The first kappa shape index (κ1) is 17.1. The Morgan fingerprint density at radius 1 is 1.17 bits per heavy atom. The summed E-state index contributed by atoms with van der Waals surface area (Å²) < 4.78 is 17.5. The minimum Gasteiger partial charge on any atom is -0.493 e. The molecule has 122 valence electrons. The Bertz CT molecular complexity index is 688. The van der Waals surface area contributed by atoms with Crippen LogP contribution in [0, 0.1) is 6.92 Å². The van der Waals surface area contributed by atoms with Gasteiger partial charge in [0.2, 0.25) is 0 Å². The zero-order valence-corrected chi connectivity index (χ0v) is 14.5. The van der Waals surface area contributed by atoms with E-state index in [0.717, 1.165) is 15.8 Å². The third-order valence-electron chi connectivity index (χ3n) is 3.05. The van der Waals surface area contributed by atoms with E-state index in [1.165, 1.54) is 6.21 Å². The standard InChI is InChI=1S/C17H18BrNO4/c1-12-4-3-5-15(8-12)22-6-7-23-17-13(11-19-20)9-14(18)10-16(17)21-2/h3-5,8-11,20H,6-7H2,1-2H3. The van der Waals surface area contributed by atoms with Gasteiger partial charge < -0.3 is 19.4 Å². The van der Waals surface area contributed by atoms with Gasteiger partial charge in [0.15, 0.2) is 11.5 Å². The monoisotopic (exact) mass is 379 g/mol. The molecule has 2 aromatic carbocycles. The van der Waals surface area contributed by atoms with Gasteiger partial charge in [0.25, 0.3) is 0 Å². The molecule has 0 saturated heterocycles. The van der Waals surface area contributed by atoms with Gasteiger partial charge in [0, 0.05) is 10.0 Å². The Kier molecular flexibility index (Phi) is 6.29. The number of hydrogen-bond acceptors (Lipinski definition) is 5. The van der Waals surface area contributed by atoms with Crippen molar-refractivity contribution in [2.24, 2.45) is 5.16 Å². The molecule has 1 N–H and O–H groups in total. The van der Waals surface area contributed by atoms with Crippen LogP contribution in [0.5, 0.6) is 17.2 Å². The lowest BCUT2D eigenvalue weighted by atomic mass is 10.2. The highest BCUT2D eigenvalue weighted by atomic mass is 79.9. The lowest BCUT2D eigenvalue weighted by molar-refractivity contribution is 0.211. The average molecular weight is 380 g/mol. The molecule has 5 nitrogen and oxygen atoms in total. The molecule has 0 heterocycles. The molecule has 0 spiro atoms. The van der Waals surface area contributed by atoms with Gasteiger partial charge in [-0.05, 0) is 36.8 Å². The van der Waals surface area contributed by atoms with Crippen LogP contribution in [0.3, 0.4) is 0 Å². The van der Waals surface area contributed by atoms with Crippen LogP contribution in [0.25, 0.3) is 0 Å². The Hall–Kier alpha value is -2.21. The quantitative estimate of drug-likeness (QED) is 0.341. The Balaban J connectivity index is 2.02. The van der Waals surface area contributed by atoms with Gasteiger partial charge in [-0.15, -0.1) is 0 Å². The summed E-state index contributed by atoms with van der Waals surface area (Å²) in [5, 5.41) is 11.8. The summed E-state index contributed by atoms with van der Waals surface area (Å²) in [4.78, 5) is 0. The summed E-state index contributed by atoms with van der Waals surface area (Å²) in [6, 6.07) is 11.4. The third-order valence-corrected chi connectivity index (χ3v) is 3.51. The molecule has 0 fully saturated rings. The van der Waals surface area contributed by atoms with Crippen molar-refractivity contribution in [1.29, 1.82) is 0 Å². The number of halogens is 1. The van der Waals surface area contributed by atoms with Crippen molar-refractivity contribution in [1.82, 2.24) is 0 Å². The smallest absolute Gasteiger partial charge is 0.170 e. The van der Waals surface area contributed by atoms with E-state index in [1.807, 2.05) is 31.2 Å². The van der Waals surface area contributed by atoms with Gasteiger partial charge in [0.1, 0.15) is 19.0 Å². The van der Waals surface area contributed by atoms with E-state index in [2.05, 4.69) is 21.1 Å². The van der Waals surface area contributed by atoms with Crippen molar-refractivity contribution in [3.8, 4) is 17.2 Å². The van der Waals surface area contributed by atoms with E-state index in [9.17, 15) is 0 Å². The topological polar surface area (TPSA) is 60.3 Å². The van der Waals surface area contributed by atoms with Crippen LogP contribution in [0.4, 0.5) is 0 Å². The van der Waals surface area contributed by atoms with Crippen LogP contribution in [-0.2, 0) is 0 Å². The van der Waals surface area contributed by atoms with Gasteiger partial charge >= 0.3 is 0 Å². The first-order valence-corrected chi connectivity index (χ1v) is 7.80. The molecule has 0 amide bonds. The molecular formula is C17H18BrNO4. The van der Waals surface area contributed by atoms with E-state index in [-0.39, 0.29) is 0 Å². The predicted octanol–water partition coefficient (Wildman–Crippen LogP) is 4.03. The van der Waals surface area contributed by atoms with Crippen molar-refractivity contribution in [2.75, 3.05) is 20.3 Å². The number of rotatable bonds is 7. The Morgan fingerprint density at radius 2 is 1.96 bits per heavy atom. The average Bonchev–Trinajstić information content (AvgIpc) is 2.53. The number of ether oxygens (including phenoxy) is 3. The van der Waals surface area contributed by atoms with Gasteiger partial charge in [-0.25, -0.2) is 0 Å². The summed E-state index contributed by atoms with van der Waals surface area (Å²) in [5.74, 6) is 1.85. The SMILES string of the molecule is COc1cc(Br)cc(C=NO)c1OCCOc1cccc(C)c1. The van der Waals surface area contributed by atoms with Crippen LogP contribution >= 0.6 is 15.9 Å². The minimum atomic E-state index is 0.332. The van der Waals surface area contributed by atoms with Gasteiger partial charge in [-0.1, -0.05) is 33.2 Å². The molecule has 0 aliphatic carbocycles. The molecule has 0 aromatic heterocycles. The summed E-state index contributed by atoms with van der Waals surface area (Å²) in [5.41, 5.74) is 1.74. The first-order valence-electron chi connectivity index (χ1n) is 7.01. The van der Waals surface area contributed by atoms with Crippen molar-refractivity contribution in [3.63, 3.8) is 0 Å². The summed E-state index contributed by atoms with van der Waals surface area (Å²) in [7, 11) is 1.55. The second-order valence-corrected chi connectivity index (χ2v) is 5.70. The first-order chi connectivity index (χ1) is 11.1.